The normalized spacial score (nSPS) is 10.8. The summed E-state index contributed by atoms with van der Waals surface area (Å²) >= 11 is 0. The van der Waals surface area contributed by atoms with Gasteiger partial charge in [-0.2, -0.15) is 0 Å². The zero-order valence-electron chi connectivity index (χ0n) is 19.6. The van der Waals surface area contributed by atoms with E-state index in [1.54, 1.807) is 19.2 Å². The van der Waals surface area contributed by atoms with E-state index >= 15 is 0 Å². The predicted octanol–water partition coefficient (Wildman–Crippen LogP) is 5.73. The number of hydrogen-bond acceptors (Lipinski definition) is 4. The number of carbonyl (C=O) groups excluding carboxylic acids is 2. The van der Waals surface area contributed by atoms with Crippen molar-refractivity contribution in [2.75, 3.05) is 19.5 Å². The van der Waals surface area contributed by atoms with Crippen LogP contribution in [0.4, 0.5) is 5.69 Å². The molecule has 0 aliphatic carbocycles. The molecule has 174 valence electrons. The van der Waals surface area contributed by atoms with E-state index in [2.05, 4.69) is 29.6 Å². The molecule has 33 heavy (non-hydrogen) atoms. The number of unbranched alkanes of at least 4 members (excludes halogenated alkanes) is 2. The number of hydrogen-bond donors (Lipinski definition) is 1. The van der Waals surface area contributed by atoms with E-state index in [1.807, 2.05) is 30.3 Å². The van der Waals surface area contributed by atoms with Gasteiger partial charge in [-0.05, 0) is 47.9 Å². The number of nitrogens with zero attached hydrogens (tertiary/aromatic N) is 1. The summed E-state index contributed by atoms with van der Waals surface area (Å²) in [5.41, 5.74) is 4.35. The van der Waals surface area contributed by atoms with Gasteiger partial charge < -0.3 is 19.4 Å². The van der Waals surface area contributed by atoms with Gasteiger partial charge in [0.2, 0.25) is 5.91 Å². The Hall–Kier alpha value is -3.54. The average molecular weight is 449 g/mol. The molecule has 0 saturated carbocycles. The summed E-state index contributed by atoms with van der Waals surface area (Å²) in [6.07, 6.45) is 8.14. The quantitative estimate of drug-likeness (QED) is 0.231. The summed E-state index contributed by atoms with van der Waals surface area (Å²) in [5.74, 6) is 0.264. The second kappa shape index (κ2) is 11.4. The maximum absolute atomic E-state index is 12.3. The van der Waals surface area contributed by atoms with Gasteiger partial charge in [0.05, 0.1) is 19.8 Å². The predicted molar refractivity (Wildman–Crippen MR) is 132 cm³/mol. The van der Waals surface area contributed by atoms with Gasteiger partial charge in [-0.15, -0.1) is 6.58 Å². The fourth-order valence-electron chi connectivity index (χ4n) is 3.98. The van der Waals surface area contributed by atoms with Crippen LogP contribution < -0.4 is 10.1 Å². The van der Waals surface area contributed by atoms with Crippen LogP contribution >= 0.6 is 0 Å². The van der Waals surface area contributed by atoms with E-state index in [0.717, 1.165) is 47.0 Å². The Morgan fingerprint density at radius 1 is 1.09 bits per heavy atom. The van der Waals surface area contributed by atoms with Gasteiger partial charge >= 0.3 is 5.97 Å². The van der Waals surface area contributed by atoms with Crippen LogP contribution in [0.1, 0.15) is 54.1 Å². The highest BCUT2D eigenvalue weighted by molar-refractivity contribution is 5.95. The van der Waals surface area contributed by atoms with Gasteiger partial charge in [0.25, 0.3) is 0 Å². The molecule has 0 unspecified atom stereocenters. The molecule has 6 heteroatoms. The standard InChI is InChI=1S/C27H32N2O4/c1-5-7-8-9-26(30)28-22-12-13-24-23(17-22)21(18-29(24)14-6-2)15-19-10-11-20(27(31)33-4)16-25(19)32-3/h6,10-13,16-18H,2,5,7-9,14-15H2,1,3-4H3,(H,28,30). The number of rotatable bonds is 11. The number of aromatic nitrogens is 1. The second-order valence-corrected chi connectivity index (χ2v) is 8.03. The van der Waals surface area contributed by atoms with Gasteiger partial charge in [-0.1, -0.05) is 31.9 Å². The van der Waals surface area contributed by atoms with E-state index in [4.69, 9.17) is 9.47 Å². The molecule has 0 aliphatic rings. The third kappa shape index (κ3) is 5.83. The molecule has 6 nitrogen and oxygen atoms in total. The maximum atomic E-state index is 12.3. The van der Waals surface area contributed by atoms with Gasteiger partial charge in [0, 0.05) is 42.2 Å². The summed E-state index contributed by atoms with van der Waals surface area (Å²) < 4.78 is 12.5. The van der Waals surface area contributed by atoms with Crippen molar-refractivity contribution in [3.05, 3.63) is 71.9 Å². The van der Waals surface area contributed by atoms with Crippen LogP contribution in [0.5, 0.6) is 5.75 Å². The number of allylic oxidation sites excluding steroid dienone is 1. The first-order valence-electron chi connectivity index (χ1n) is 11.3. The van der Waals surface area contributed by atoms with Gasteiger partial charge in [-0.25, -0.2) is 4.79 Å². The summed E-state index contributed by atoms with van der Waals surface area (Å²) in [6.45, 7) is 6.67. The molecule has 1 aromatic heterocycles. The monoisotopic (exact) mass is 448 g/mol. The molecular formula is C27H32N2O4. The Bertz CT molecular complexity index is 1150. The molecule has 0 saturated heterocycles. The van der Waals surface area contributed by atoms with Crippen LogP contribution in [-0.4, -0.2) is 30.7 Å². The first-order valence-corrected chi connectivity index (χ1v) is 11.3. The number of ether oxygens (including phenoxy) is 2. The molecule has 0 bridgehead atoms. The lowest BCUT2D eigenvalue weighted by molar-refractivity contribution is -0.116. The minimum Gasteiger partial charge on any atom is -0.496 e. The highest BCUT2D eigenvalue weighted by atomic mass is 16.5. The summed E-state index contributed by atoms with van der Waals surface area (Å²) in [4.78, 5) is 24.2. The number of methoxy groups -OCH3 is 2. The van der Waals surface area contributed by atoms with Crippen molar-refractivity contribution in [1.29, 1.82) is 0 Å². The van der Waals surface area contributed by atoms with Crippen molar-refractivity contribution in [2.24, 2.45) is 0 Å². The lowest BCUT2D eigenvalue weighted by Crippen LogP contribution is -2.10. The van der Waals surface area contributed by atoms with Crippen molar-refractivity contribution >= 4 is 28.5 Å². The Kier molecular flexibility index (Phi) is 8.30. The number of benzene rings is 2. The zero-order valence-corrected chi connectivity index (χ0v) is 19.6. The summed E-state index contributed by atoms with van der Waals surface area (Å²) in [7, 11) is 2.95. The van der Waals surface area contributed by atoms with Crippen molar-refractivity contribution < 1.29 is 19.1 Å². The first-order chi connectivity index (χ1) is 16.0. The molecule has 0 fully saturated rings. The topological polar surface area (TPSA) is 69.6 Å². The molecule has 3 rings (SSSR count). The minimum absolute atomic E-state index is 0.0370. The molecule has 2 aromatic carbocycles. The first kappa shape index (κ1) is 24.1. The van der Waals surface area contributed by atoms with Crippen LogP contribution in [0.25, 0.3) is 10.9 Å². The summed E-state index contributed by atoms with van der Waals surface area (Å²) in [6, 6.07) is 11.3. The molecule has 1 heterocycles. The second-order valence-electron chi connectivity index (χ2n) is 8.03. The Morgan fingerprint density at radius 2 is 1.91 bits per heavy atom. The number of anilines is 1. The van der Waals surface area contributed by atoms with Gasteiger partial charge in [0.1, 0.15) is 5.75 Å². The Morgan fingerprint density at radius 3 is 2.61 bits per heavy atom. The third-order valence-corrected chi connectivity index (χ3v) is 5.67. The number of esters is 1. The third-order valence-electron chi connectivity index (χ3n) is 5.67. The van der Waals surface area contributed by atoms with Gasteiger partial charge in [0.15, 0.2) is 0 Å². The largest absolute Gasteiger partial charge is 0.496 e. The molecule has 0 aliphatic heterocycles. The molecule has 1 N–H and O–H groups in total. The average Bonchev–Trinajstić information content (AvgIpc) is 3.15. The minimum atomic E-state index is -0.401. The van der Waals surface area contributed by atoms with E-state index in [-0.39, 0.29) is 5.91 Å². The fraction of sp³-hybridized carbons (Fsp3) is 0.333. The molecule has 3 aromatic rings. The van der Waals surface area contributed by atoms with E-state index in [9.17, 15) is 9.59 Å². The Labute approximate surface area is 195 Å². The maximum Gasteiger partial charge on any atom is 0.337 e. The lowest BCUT2D eigenvalue weighted by Gasteiger charge is -2.10. The van der Waals surface area contributed by atoms with Crippen LogP contribution in [0, 0.1) is 0 Å². The van der Waals surface area contributed by atoms with Crippen LogP contribution in [0.2, 0.25) is 0 Å². The number of fused-ring (bicyclic) bond motifs is 1. The van der Waals surface area contributed by atoms with Crippen LogP contribution in [-0.2, 0) is 22.5 Å². The Balaban J connectivity index is 1.93. The smallest absolute Gasteiger partial charge is 0.337 e. The lowest BCUT2D eigenvalue weighted by atomic mass is 10.0. The van der Waals surface area contributed by atoms with Crippen LogP contribution in [0.3, 0.4) is 0 Å². The van der Waals surface area contributed by atoms with Crippen molar-refractivity contribution in [3.8, 4) is 5.75 Å². The molecule has 1 amide bonds. The fourth-order valence-corrected chi connectivity index (χ4v) is 3.98. The highest BCUT2D eigenvalue weighted by Crippen LogP contribution is 2.30. The van der Waals surface area contributed by atoms with Gasteiger partial charge in [-0.3, -0.25) is 4.79 Å². The SMILES string of the molecule is C=CCn1cc(Cc2ccc(C(=O)OC)cc2OC)c2cc(NC(=O)CCCCC)ccc21. The van der Waals surface area contributed by atoms with E-state index in [0.29, 0.717) is 30.7 Å². The summed E-state index contributed by atoms with van der Waals surface area (Å²) in [5, 5.41) is 4.09. The highest BCUT2D eigenvalue weighted by Gasteiger charge is 2.15. The number of amides is 1. The number of nitrogens with one attached hydrogen (secondary N) is 1. The molecule has 0 atom stereocenters. The van der Waals surface area contributed by atoms with Crippen molar-refractivity contribution in [2.45, 2.75) is 45.6 Å². The number of carbonyl (C=O) groups is 2. The molecular weight excluding hydrogens is 416 g/mol. The van der Waals surface area contributed by atoms with Crippen LogP contribution in [0.15, 0.2) is 55.3 Å². The zero-order chi connectivity index (χ0) is 23.8. The molecule has 0 radical (unpaired) electrons. The van der Waals surface area contributed by atoms with E-state index in [1.165, 1.54) is 7.11 Å². The van der Waals surface area contributed by atoms with E-state index < -0.39 is 5.97 Å². The van der Waals surface area contributed by atoms with Crippen molar-refractivity contribution in [3.63, 3.8) is 0 Å². The van der Waals surface area contributed by atoms with Crippen molar-refractivity contribution in [1.82, 2.24) is 4.57 Å². The molecule has 0 spiro atoms.